The lowest BCUT2D eigenvalue weighted by molar-refractivity contribution is -0.149. The van der Waals surface area contributed by atoms with Crippen LogP contribution < -0.4 is 26.6 Å². The van der Waals surface area contributed by atoms with E-state index < -0.39 is 74.7 Å². The standard InChI is InChI=1S/C38H38F2N6O7S/c1-21(2)53-36(50)31(17-22-7-11-24(12-8-22)46-35(49)26-15-16-41-20-32(26)45(6)37(46)51)42-34(48)27-18-29(40)30(19-28(27)39)44-54(52)25-13-9-23(10-14-25)33(47)43-38(3,4)5/h7-16,18-21,31,44H,17H2,1-6H3,(H,42,48)(H,43,47). The molecule has 5 aromatic rings. The first kappa shape index (κ1) is 39.2. The first-order valence-electron chi connectivity index (χ1n) is 16.7. The zero-order chi connectivity index (χ0) is 39.5. The van der Waals surface area contributed by atoms with E-state index in [0.717, 1.165) is 4.57 Å². The minimum atomic E-state index is -2.07. The number of esters is 1. The van der Waals surface area contributed by atoms with Crippen molar-refractivity contribution in [3.63, 3.8) is 0 Å². The average molecular weight is 761 g/mol. The average Bonchev–Trinajstić information content (AvgIpc) is 3.11. The van der Waals surface area contributed by atoms with Crippen LogP contribution >= 0.6 is 0 Å². The summed E-state index contributed by atoms with van der Waals surface area (Å²) in [6, 6.07) is 13.2. The molecule has 0 aliphatic heterocycles. The van der Waals surface area contributed by atoms with Gasteiger partial charge in [-0.3, -0.25) is 28.7 Å². The molecule has 2 atom stereocenters. The van der Waals surface area contributed by atoms with E-state index in [-0.39, 0.29) is 28.3 Å². The van der Waals surface area contributed by atoms with E-state index in [2.05, 4.69) is 20.3 Å². The van der Waals surface area contributed by atoms with Crippen molar-refractivity contribution in [2.75, 3.05) is 4.72 Å². The highest BCUT2D eigenvalue weighted by atomic mass is 32.2. The van der Waals surface area contributed by atoms with Crippen LogP contribution in [0.5, 0.6) is 0 Å². The molecule has 0 fully saturated rings. The Hall–Kier alpha value is -6.03. The maximum atomic E-state index is 15.3. The minimum absolute atomic E-state index is 0.146. The number of aromatic nitrogens is 3. The highest BCUT2D eigenvalue weighted by Gasteiger charge is 2.27. The second-order valence-corrected chi connectivity index (χ2v) is 14.9. The van der Waals surface area contributed by atoms with Gasteiger partial charge in [-0.1, -0.05) is 12.1 Å². The molecule has 54 heavy (non-hydrogen) atoms. The predicted molar refractivity (Wildman–Crippen MR) is 199 cm³/mol. The Morgan fingerprint density at radius 1 is 0.926 bits per heavy atom. The van der Waals surface area contributed by atoms with E-state index >= 15 is 8.78 Å². The van der Waals surface area contributed by atoms with Gasteiger partial charge in [-0.25, -0.2) is 27.1 Å². The SMILES string of the molecule is CC(C)OC(=O)C(Cc1ccc(-n2c(=O)c3ccncc3n(C)c2=O)cc1)NC(=O)c1cc(F)c(NS(=O)c2ccc(C(=O)NC(C)(C)C)cc2)cc1F. The molecule has 0 saturated carbocycles. The van der Waals surface area contributed by atoms with Crippen LogP contribution in [0.25, 0.3) is 16.6 Å². The molecular weight excluding hydrogens is 723 g/mol. The van der Waals surface area contributed by atoms with Gasteiger partial charge in [0.1, 0.15) is 28.7 Å². The van der Waals surface area contributed by atoms with Crippen molar-refractivity contribution >= 4 is 45.4 Å². The predicted octanol–water partition coefficient (Wildman–Crippen LogP) is 4.32. The van der Waals surface area contributed by atoms with Crippen LogP contribution in [0, 0.1) is 11.6 Å². The second-order valence-electron chi connectivity index (χ2n) is 13.7. The van der Waals surface area contributed by atoms with Crippen molar-refractivity contribution in [3.8, 4) is 5.69 Å². The highest BCUT2D eigenvalue weighted by Crippen LogP contribution is 2.23. The normalized spacial score (nSPS) is 12.6. The number of nitrogens with zero attached hydrogens (tertiary/aromatic N) is 3. The summed E-state index contributed by atoms with van der Waals surface area (Å²) in [5, 5.41) is 5.50. The lowest BCUT2D eigenvalue weighted by Crippen LogP contribution is -2.44. The number of fused-ring (bicyclic) bond motifs is 1. The molecule has 0 spiro atoms. The lowest BCUT2D eigenvalue weighted by Gasteiger charge is -2.20. The number of hydrogen-bond donors (Lipinski definition) is 3. The van der Waals surface area contributed by atoms with Crippen LogP contribution in [0.2, 0.25) is 0 Å². The first-order chi connectivity index (χ1) is 25.4. The van der Waals surface area contributed by atoms with Crippen LogP contribution in [-0.4, -0.2) is 53.8 Å². The molecule has 13 nitrogen and oxygen atoms in total. The summed E-state index contributed by atoms with van der Waals surface area (Å²) in [6.45, 7) is 8.68. The smallest absolute Gasteiger partial charge is 0.335 e. The number of aryl methyl sites for hydroxylation is 1. The number of amides is 2. The third-order valence-corrected chi connectivity index (χ3v) is 9.08. The molecule has 3 N–H and O–H groups in total. The second kappa shape index (κ2) is 15.9. The van der Waals surface area contributed by atoms with Crippen LogP contribution in [-0.2, 0) is 34.0 Å². The summed E-state index contributed by atoms with van der Waals surface area (Å²) in [5.74, 6) is -4.56. The van der Waals surface area contributed by atoms with Gasteiger partial charge >= 0.3 is 11.7 Å². The maximum Gasteiger partial charge on any atom is 0.335 e. The van der Waals surface area contributed by atoms with E-state index in [0.29, 0.717) is 28.8 Å². The van der Waals surface area contributed by atoms with Gasteiger partial charge in [0.2, 0.25) is 0 Å². The van der Waals surface area contributed by atoms with E-state index in [1.807, 2.05) is 20.8 Å². The monoisotopic (exact) mass is 760 g/mol. The Morgan fingerprint density at radius 3 is 2.22 bits per heavy atom. The summed E-state index contributed by atoms with van der Waals surface area (Å²) in [7, 11) is -0.554. The Labute approximate surface area is 311 Å². The third-order valence-electron chi connectivity index (χ3n) is 7.97. The molecule has 2 heterocycles. The molecule has 3 aromatic carbocycles. The van der Waals surface area contributed by atoms with Gasteiger partial charge < -0.3 is 15.4 Å². The summed E-state index contributed by atoms with van der Waals surface area (Å²) in [4.78, 5) is 69.2. The van der Waals surface area contributed by atoms with Crippen LogP contribution in [0.4, 0.5) is 14.5 Å². The first-order valence-corrected chi connectivity index (χ1v) is 17.8. The molecule has 5 rings (SSSR count). The molecule has 0 radical (unpaired) electrons. The van der Waals surface area contributed by atoms with Gasteiger partial charge in [-0.15, -0.1) is 0 Å². The zero-order valence-electron chi connectivity index (χ0n) is 30.2. The number of halogens is 2. The molecule has 0 saturated heterocycles. The molecule has 2 aromatic heterocycles. The highest BCUT2D eigenvalue weighted by molar-refractivity contribution is 7.86. The number of benzene rings is 3. The maximum absolute atomic E-state index is 15.3. The van der Waals surface area contributed by atoms with Crippen molar-refractivity contribution in [1.82, 2.24) is 24.8 Å². The van der Waals surface area contributed by atoms with Crippen molar-refractivity contribution in [1.29, 1.82) is 0 Å². The van der Waals surface area contributed by atoms with Crippen molar-refractivity contribution in [2.24, 2.45) is 7.05 Å². The van der Waals surface area contributed by atoms with Gasteiger partial charge in [-0.2, -0.15) is 0 Å². The van der Waals surface area contributed by atoms with Gasteiger partial charge in [0.15, 0.2) is 0 Å². The van der Waals surface area contributed by atoms with E-state index in [9.17, 15) is 28.2 Å². The molecule has 282 valence electrons. The molecule has 2 unspecified atom stereocenters. The third kappa shape index (κ3) is 8.94. The lowest BCUT2D eigenvalue weighted by atomic mass is 10.0. The summed E-state index contributed by atoms with van der Waals surface area (Å²) >= 11 is 0. The minimum Gasteiger partial charge on any atom is -0.461 e. The molecule has 16 heteroatoms. The van der Waals surface area contributed by atoms with E-state index in [1.54, 1.807) is 26.0 Å². The van der Waals surface area contributed by atoms with Crippen LogP contribution in [0.3, 0.4) is 0 Å². The summed E-state index contributed by atoms with van der Waals surface area (Å²) in [6.07, 6.45) is 2.15. The van der Waals surface area contributed by atoms with Gasteiger partial charge in [0.05, 0.1) is 45.0 Å². The zero-order valence-corrected chi connectivity index (χ0v) is 31.0. The fraction of sp³-hybridized carbons (Fsp3) is 0.263. The van der Waals surface area contributed by atoms with Crippen molar-refractivity contribution < 1.29 is 32.1 Å². The van der Waals surface area contributed by atoms with E-state index in [4.69, 9.17) is 4.74 Å². The van der Waals surface area contributed by atoms with Crippen LogP contribution in [0.1, 0.15) is 60.9 Å². The molecule has 0 bridgehead atoms. The van der Waals surface area contributed by atoms with Gasteiger partial charge in [0, 0.05) is 36.8 Å². The fourth-order valence-electron chi connectivity index (χ4n) is 5.38. The number of nitrogens with one attached hydrogen (secondary N) is 3. The number of carbonyl (C=O) groups is 3. The van der Waals surface area contributed by atoms with Crippen LogP contribution in [0.15, 0.2) is 93.6 Å². The van der Waals surface area contributed by atoms with Gasteiger partial charge in [-0.05, 0) is 88.7 Å². The number of anilines is 1. The number of ether oxygens (including phenoxy) is 1. The number of rotatable bonds is 11. The van der Waals surface area contributed by atoms with Crippen molar-refractivity contribution in [2.45, 2.75) is 63.6 Å². The molecule has 2 amide bonds. The Balaban J connectivity index is 1.32. The van der Waals surface area contributed by atoms with E-state index in [1.165, 1.54) is 66.5 Å². The molecule has 0 aliphatic rings. The van der Waals surface area contributed by atoms with Crippen molar-refractivity contribution in [3.05, 3.63) is 128 Å². The molecular formula is C38H38F2N6O7S. The largest absolute Gasteiger partial charge is 0.461 e. The molecule has 0 aliphatic carbocycles. The number of carbonyl (C=O) groups excluding carboxylic acids is 3. The Kier molecular flexibility index (Phi) is 11.5. The topological polar surface area (TPSA) is 170 Å². The quantitative estimate of drug-likeness (QED) is 0.167. The number of pyridine rings is 1. The van der Waals surface area contributed by atoms with Gasteiger partial charge in [0.25, 0.3) is 17.4 Å². The summed E-state index contributed by atoms with van der Waals surface area (Å²) < 4.78 is 53.4. The Morgan fingerprint density at radius 2 is 1.59 bits per heavy atom. The summed E-state index contributed by atoms with van der Waals surface area (Å²) in [5.41, 5.74) is -1.43. The fourth-order valence-corrected chi connectivity index (χ4v) is 6.24. The Bertz CT molecular complexity index is 2390. The number of hydrogen-bond acceptors (Lipinski definition) is 8.